The Hall–Kier alpha value is -3.23. The number of benzene rings is 3. The molecule has 3 aromatic carbocycles. The maximum atomic E-state index is 12.8. The number of halogens is 1. The molecule has 1 heterocycles. The second-order valence-corrected chi connectivity index (χ2v) is 9.31. The highest BCUT2D eigenvalue weighted by molar-refractivity contribution is 7.92. The number of hydrogen-bond acceptors (Lipinski definition) is 5. The normalized spacial score (nSPS) is 13.2. The second-order valence-electron chi connectivity index (χ2n) is 7.19. The van der Waals surface area contributed by atoms with E-state index in [0.717, 1.165) is 12.0 Å². The number of carbonyl (C=O) groups is 1. The lowest BCUT2D eigenvalue weighted by Gasteiger charge is -2.12. The quantitative estimate of drug-likeness (QED) is 0.551. The fraction of sp³-hybridized carbons (Fsp3) is 0.174. The Morgan fingerprint density at radius 2 is 1.53 bits per heavy atom. The Bertz CT molecular complexity index is 1210. The Balaban J connectivity index is 1.40. The van der Waals surface area contributed by atoms with Crippen molar-refractivity contribution in [1.29, 1.82) is 0 Å². The number of amides is 1. The first-order valence-electron chi connectivity index (χ1n) is 9.96. The lowest BCUT2D eigenvalue weighted by molar-refractivity contribution is -0.115. The van der Waals surface area contributed by atoms with E-state index in [0.29, 0.717) is 41.1 Å². The molecule has 0 saturated heterocycles. The van der Waals surface area contributed by atoms with Gasteiger partial charge in [-0.15, -0.1) is 0 Å². The smallest absolute Gasteiger partial charge is 0.262 e. The molecule has 0 unspecified atom stereocenters. The van der Waals surface area contributed by atoms with Crippen LogP contribution in [0.25, 0.3) is 0 Å². The van der Waals surface area contributed by atoms with E-state index in [1.165, 1.54) is 12.1 Å². The van der Waals surface area contributed by atoms with Crippen molar-refractivity contribution < 1.29 is 22.7 Å². The molecule has 166 valence electrons. The Labute approximate surface area is 191 Å². The standard InChI is InChI=1S/C23H21ClN2O5S/c24-17-4-2-16(3-5-17)14-23(27)25-18-6-8-19(9-7-18)26-32(28,29)20-10-11-21-22(15-20)31-13-1-12-30-21/h2-11,15,26H,1,12-14H2,(H,25,27). The number of hydrogen-bond donors (Lipinski definition) is 2. The molecule has 7 nitrogen and oxygen atoms in total. The largest absolute Gasteiger partial charge is 0.490 e. The van der Waals surface area contributed by atoms with Gasteiger partial charge in [0.1, 0.15) is 0 Å². The van der Waals surface area contributed by atoms with E-state index in [-0.39, 0.29) is 17.2 Å². The first-order chi connectivity index (χ1) is 15.4. The molecule has 0 aromatic heterocycles. The average molecular weight is 473 g/mol. The zero-order valence-corrected chi connectivity index (χ0v) is 18.6. The van der Waals surface area contributed by atoms with Gasteiger partial charge in [0.2, 0.25) is 5.91 Å². The van der Waals surface area contributed by atoms with Crippen molar-refractivity contribution in [3.05, 3.63) is 77.3 Å². The maximum Gasteiger partial charge on any atom is 0.262 e. The van der Waals surface area contributed by atoms with Gasteiger partial charge < -0.3 is 14.8 Å². The number of nitrogens with one attached hydrogen (secondary N) is 2. The van der Waals surface area contributed by atoms with Crippen molar-refractivity contribution in [2.75, 3.05) is 23.3 Å². The first-order valence-corrected chi connectivity index (χ1v) is 11.8. The molecule has 3 aromatic rings. The Morgan fingerprint density at radius 3 is 2.25 bits per heavy atom. The van der Waals surface area contributed by atoms with E-state index in [4.69, 9.17) is 21.1 Å². The van der Waals surface area contributed by atoms with E-state index in [1.54, 1.807) is 54.6 Å². The number of anilines is 2. The molecule has 0 atom stereocenters. The summed E-state index contributed by atoms with van der Waals surface area (Å²) in [6.07, 6.45) is 0.938. The summed E-state index contributed by atoms with van der Waals surface area (Å²) in [6.45, 7) is 0.995. The predicted molar refractivity (Wildman–Crippen MR) is 123 cm³/mol. The summed E-state index contributed by atoms with van der Waals surface area (Å²) in [4.78, 5) is 12.3. The van der Waals surface area contributed by atoms with Crippen LogP contribution in [0.15, 0.2) is 71.6 Å². The molecule has 0 radical (unpaired) electrons. The van der Waals surface area contributed by atoms with Crippen LogP contribution in [0.1, 0.15) is 12.0 Å². The minimum Gasteiger partial charge on any atom is -0.490 e. The third-order valence-electron chi connectivity index (χ3n) is 4.73. The highest BCUT2D eigenvalue weighted by Crippen LogP contribution is 2.32. The van der Waals surface area contributed by atoms with Crippen LogP contribution in [0, 0.1) is 0 Å². The fourth-order valence-corrected chi connectivity index (χ4v) is 4.34. The van der Waals surface area contributed by atoms with Gasteiger partial charge in [-0.1, -0.05) is 23.7 Å². The average Bonchev–Trinajstić information content (AvgIpc) is 3.01. The van der Waals surface area contributed by atoms with E-state index >= 15 is 0 Å². The lowest BCUT2D eigenvalue weighted by atomic mass is 10.1. The summed E-state index contributed by atoms with van der Waals surface area (Å²) >= 11 is 5.85. The maximum absolute atomic E-state index is 12.8. The summed E-state index contributed by atoms with van der Waals surface area (Å²) in [5.41, 5.74) is 1.77. The van der Waals surface area contributed by atoms with Crippen LogP contribution in [0.5, 0.6) is 11.5 Å². The summed E-state index contributed by atoms with van der Waals surface area (Å²) in [5, 5.41) is 3.40. The summed E-state index contributed by atoms with van der Waals surface area (Å²) < 4.78 is 39.2. The molecule has 2 N–H and O–H groups in total. The van der Waals surface area contributed by atoms with Crippen molar-refractivity contribution in [2.45, 2.75) is 17.7 Å². The van der Waals surface area contributed by atoms with Crippen LogP contribution >= 0.6 is 11.6 Å². The molecular weight excluding hydrogens is 452 g/mol. The number of ether oxygens (including phenoxy) is 2. The zero-order valence-electron chi connectivity index (χ0n) is 17.0. The SMILES string of the molecule is O=C(Cc1ccc(Cl)cc1)Nc1ccc(NS(=O)(=O)c2ccc3c(c2)OCCCO3)cc1. The molecule has 4 rings (SSSR count). The van der Waals surface area contributed by atoms with Crippen molar-refractivity contribution in [3.63, 3.8) is 0 Å². The monoisotopic (exact) mass is 472 g/mol. The second kappa shape index (κ2) is 9.50. The van der Waals surface area contributed by atoms with E-state index in [1.807, 2.05) is 0 Å². The molecule has 9 heteroatoms. The van der Waals surface area contributed by atoms with Crippen molar-refractivity contribution in [2.24, 2.45) is 0 Å². The van der Waals surface area contributed by atoms with Gasteiger partial charge in [0.25, 0.3) is 10.0 Å². The van der Waals surface area contributed by atoms with Crippen molar-refractivity contribution in [1.82, 2.24) is 0 Å². The Kier molecular flexibility index (Phi) is 6.53. The molecule has 0 fully saturated rings. The third-order valence-corrected chi connectivity index (χ3v) is 6.36. The van der Waals surface area contributed by atoms with Crippen LogP contribution < -0.4 is 19.5 Å². The lowest BCUT2D eigenvalue weighted by Crippen LogP contribution is -2.15. The van der Waals surface area contributed by atoms with Gasteiger partial charge in [-0.25, -0.2) is 8.42 Å². The fourth-order valence-electron chi connectivity index (χ4n) is 3.14. The third kappa shape index (κ3) is 5.52. The Morgan fingerprint density at radius 1 is 0.875 bits per heavy atom. The van der Waals surface area contributed by atoms with Gasteiger partial charge in [-0.3, -0.25) is 9.52 Å². The van der Waals surface area contributed by atoms with E-state index < -0.39 is 10.0 Å². The molecule has 1 aliphatic rings. The van der Waals surface area contributed by atoms with Crippen molar-refractivity contribution in [3.8, 4) is 11.5 Å². The van der Waals surface area contributed by atoms with Gasteiger partial charge in [0, 0.05) is 28.9 Å². The predicted octanol–water partition coefficient (Wildman–Crippen LogP) is 4.48. The minimum absolute atomic E-state index is 0.0714. The molecular formula is C23H21ClN2O5S. The summed E-state index contributed by atoms with van der Waals surface area (Å²) in [7, 11) is -3.82. The number of rotatable bonds is 6. The van der Waals surface area contributed by atoms with Crippen LogP contribution in [0.2, 0.25) is 5.02 Å². The van der Waals surface area contributed by atoms with E-state index in [9.17, 15) is 13.2 Å². The van der Waals surface area contributed by atoms with Gasteiger partial charge in [0.05, 0.1) is 24.5 Å². The summed E-state index contributed by atoms with van der Waals surface area (Å²) in [6, 6.07) is 18.0. The zero-order chi connectivity index (χ0) is 22.6. The highest BCUT2D eigenvalue weighted by Gasteiger charge is 2.19. The molecule has 32 heavy (non-hydrogen) atoms. The number of fused-ring (bicyclic) bond motifs is 1. The molecule has 1 aliphatic heterocycles. The topological polar surface area (TPSA) is 93.7 Å². The first kappa shape index (κ1) is 22.0. The number of carbonyl (C=O) groups excluding carboxylic acids is 1. The van der Waals surface area contributed by atoms with Gasteiger partial charge in [-0.05, 0) is 54.1 Å². The van der Waals surface area contributed by atoms with Crippen LogP contribution in [0.4, 0.5) is 11.4 Å². The number of sulfonamides is 1. The highest BCUT2D eigenvalue weighted by atomic mass is 35.5. The van der Waals surface area contributed by atoms with Crippen LogP contribution in [-0.2, 0) is 21.2 Å². The minimum atomic E-state index is -3.82. The molecule has 0 spiro atoms. The molecule has 1 amide bonds. The van der Waals surface area contributed by atoms with E-state index in [2.05, 4.69) is 10.0 Å². The van der Waals surface area contributed by atoms with Crippen molar-refractivity contribution >= 4 is 38.9 Å². The van der Waals surface area contributed by atoms with Gasteiger partial charge in [-0.2, -0.15) is 0 Å². The summed E-state index contributed by atoms with van der Waals surface area (Å²) in [5.74, 6) is 0.747. The molecule has 0 aliphatic carbocycles. The van der Waals surface area contributed by atoms with Gasteiger partial charge in [0.15, 0.2) is 11.5 Å². The van der Waals surface area contributed by atoms with Crippen LogP contribution in [0.3, 0.4) is 0 Å². The van der Waals surface area contributed by atoms with Gasteiger partial charge >= 0.3 is 0 Å². The van der Waals surface area contributed by atoms with Crippen LogP contribution in [-0.4, -0.2) is 27.5 Å². The molecule has 0 saturated carbocycles. The molecule has 0 bridgehead atoms.